The summed E-state index contributed by atoms with van der Waals surface area (Å²) < 4.78 is 5.50. The zero-order valence-electron chi connectivity index (χ0n) is 8.16. The van der Waals surface area contributed by atoms with Crippen LogP contribution in [0.25, 0.3) is 0 Å². The van der Waals surface area contributed by atoms with Gasteiger partial charge >= 0.3 is 0 Å². The highest BCUT2D eigenvalue weighted by molar-refractivity contribution is 5.24. The van der Waals surface area contributed by atoms with Crippen molar-refractivity contribution in [3.63, 3.8) is 0 Å². The molecule has 0 aliphatic heterocycles. The van der Waals surface area contributed by atoms with Crippen molar-refractivity contribution in [1.82, 2.24) is 4.98 Å². The SMILES string of the molecule is CC(C)COc1ncccc1CN. The normalized spacial score (nSPS) is 10.5. The predicted octanol–water partition coefficient (Wildman–Crippen LogP) is 1.58. The molecule has 3 heteroatoms. The lowest BCUT2D eigenvalue weighted by atomic mass is 10.2. The van der Waals surface area contributed by atoms with Gasteiger partial charge in [-0.1, -0.05) is 19.9 Å². The van der Waals surface area contributed by atoms with Crippen molar-refractivity contribution >= 4 is 0 Å². The summed E-state index contributed by atoms with van der Waals surface area (Å²) >= 11 is 0. The van der Waals surface area contributed by atoms with Gasteiger partial charge in [-0.25, -0.2) is 4.98 Å². The van der Waals surface area contributed by atoms with Crippen LogP contribution in [0, 0.1) is 5.92 Å². The Morgan fingerprint density at radius 2 is 2.31 bits per heavy atom. The molecule has 0 atom stereocenters. The van der Waals surface area contributed by atoms with Gasteiger partial charge in [-0.15, -0.1) is 0 Å². The molecule has 0 aromatic carbocycles. The smallest absolute Gasteiger partial charge is 0.217 e. The van der Waals surface area contributed by atoms with Crippen LogP contribution in [0.4, 0.5) is 0 Å². The number of pyridine rings is 1. The summed E-state index contributed by atoms with van der Waals surface area (Å²) in [6.07, 6.45) is 1.72. The van der Waals surface area contributed by atoms with Crippen LogP contribution in [0.3, 0.4) is 0 Å². The summed E-state index contributed by atoms with van der Waals surface area (Å²) in [5.41, 5.74) is 6.50. The summed E-state index contributed by atoms with van der Waals surface area (Å²) in [7, 11) is 0. The van der Waals surface area contributed by atoms with Crippen molar-refractivity contribution in [1.29, 1.82) is 0 Å². The number of nitrogens with two attached hydrogens (primary N) is 1. The van der Waals surface area contributed by atoms with E-state index in [0.29, 0.717) is 24.9 Å². The molecule has 1 aromatic rings. The third-order valence-electron chi connectivity index (χ3n) is 1.62. The molecule has 1 rings (SSSR count). The number of hydrogen-bond donors (Lipinski definition) is 1. The summed E-state index contributed by atoms with van der Waals surface area (Å²) in [6.45, 7) is 5.36. The maximum absolute atomic E-state index is 5.54. The minimum absolute atomic E-state index is 0.473. The standard InChI is InChI=1S/C10H16N2O/c1-8(2)7-13-10-9(6-11)4-3-5-12-10/h3-5,8H,6-7,11H2,1-2H3. The van der Waals surface area contributed by atoms with E-state index in [1.54, 1.807) is 6.20 Å². The van der Waals surface area contributed by atoms with Crippen molar-refractivity contribution < 1.29 is 4.74 Å². The number of nitrogens with zero attached hydrogens (tertiary/aromatic N) is 1. The molecule has 13 heavy (non-hydrogen) atoms. The first-order valence-corrected chi connectivity index (χ1v) is 4.50. The number of rotatable bonds is 4. The lowest BCUT2D eigenvalue weighted by molar-refractivity contribution is 0.259. The Kier molecular flexibility index (Phi) is 3.71. The average Bonchev–Trinajstić information content (AvgIpc) is 2.15. The Balaban J connectivity index is 2.64. The Morgan fingerprint density at radius 3 is 2.92 bits per heavy atom. The minimum Gasteiger partial charge on any atom is -0.477 e. The molecular formula is C10H16N2O. The summed E-state index contributed by atoms with van der Waals surface area (Å²) in [6, 6.07) is 3.80. The Morgan fingerprint density at radius 1 is 1.54 bits per heavy atom. The lowest BCUT2D eigenvalue weighted by Crippen LogP contribution is -2.09. The molecular weight excluding hydrogens is 164 g/mol. The zero-order valence-corrected chi connectivity index (χ0v) is 8.16. The van der Waals surface area contributed by atoms with E-state index in [9.17, 15) is 0 Å². The van der Waals surface area contributed by atoms with Gasteiger partial charge in [0.25, 0.3) is 0 Å². The molecule has 0 radical (unpaired) electrons. The van der Waals surface area contributed by atoms with Crippen molar-refractivity contribution in [2.75, 3.05) is 6.61 Å². The second-order valence-electron chi connectivity index (χ2n) is 3.38. The number of ether oxygens (including phenoxy) is 1. The lowest BCUT2D eigenvalue weighted by Gasteiger charge is -2.10. The van der Waals surface area contributed by atoms with Crippen LogP contribution in [0.1, 0.15) is 19.4 Å². The molecule has 0 saturated heterocycles. The van der Waals surface area contributed by atoms with Crippen LogP contribution in [0.15, 0.2) is 18.3 Å². The second-order valence-corrected chi connectivity index (χ2v) is 3.38. The molecule has 0 unspecified atom stereocenters. The highest BCUT2D eigenvalue weighted by atomic mass is 16.5. The van der Waals surface area contributed by atoms with E-state index < -0.39 is 0 Å². The molecule has 0 spiro atoms. The molecule has 2 N–H and O–H groups in total. The molecule has 0 fully saturated rings. The first kappa shape index (κ1) is 9.99. The Hall–Kier alpha value is -1.09. The summed E-state index contributed by atoms with van der Waals surface area (Å²) in [4.78, 5) is 4.12. The van der Waals surface area contributed by atoms with E-state index in [1.165, 1.54) is 0 Å². The molecule has 1 heterocycles. The van der Waals surface area contributed by atoms with Gasteiger partial charge in [0.05, 0.1) is 6.61 Å². The number of hydrogen-bond acceptors (Lipinski definition) is 3. The summed E-state index contributed by atoms with van der Waals surface area (Å²) in [5.74, 6) is 1.17. The van der Waals surface area contributed by atoms with E-state index in [-0.39, 0.29) is 0 Å². The molecule has 1 aromatic heterocycles. The van der Waals surface area contributed by atoms with E-state index in [1.807, 2.05) is 12.1 Å². The molecule has 0 bridgehead atoms. The van der Waals surface area contributed by atoms with Gasteiger partial charge in [0.2, 0.25) is 5.88 Å². The maximum Gasteiger partial charge on any atom is 0.217 e. The van der Waals surface area contributed by atoms with Crippen LogP contribution < -0.4 is 10.5 Å². The van der Waals surface area contributed by atoms with Gasteiger partial charge in [-0.3, -0.25) is 0 Å². The maximum atomic E-state index is 5.54. The van der Waals surface area contributed by atoms with Crippen molar-refractivity contribution in [3.05, 3.63) is 23.9 Å². The van der Waals surface area contributed by atoms with Gasteiger partial charge in [0.15, 0.2) is 0 Å². The van der Waals surface area contributed by atoms with Crippen LogP contribution in [0.2, 0.25) is 0 Å². The fourth-order valence-corrected chi connectivity index (χ4v) is 0.955. The van der Waals surface area contributed by atoms with Gasteiger partial charge in [0.1, 0.15) is 0 Å². The van der Waals surface area contributed by atoms with Crippen molar-refractivity contribution in [3.8, 4) is 5.88 Å². The highest BCUT2D eigenvalue weighted by Crippen LogP contribution is 2.13. The van der Waals surface area contributed by atoms with Crippen molar-refractivity contribution in [2.24, 2.45) is 11.7 Å². The highest BCUT2D eigenvalue weighted by Gasteiger charge is 2.03. The van der Waals surface area contributed by atoms with Crippen LogP contribution in [0.5, 0.6) is 5.88 Å². The zero-order chi connectivity index (χ0) is 9.68. The Bertz CT molecular complexity index is 261. The van der Waals surface area contributed by atoms with E-state index >= 15 is 0 Å². The molecule has 0 saturated carbocycles. The summed E-state index contributed by atoms with van der Waals surface area (Å²) in [5, 5.41) is 0. The topological polar surface area (TPSA) is 48.1 Å². The first-order chi connectivity index (χ1) is 6.24. The molecule has 72 valence electrons. The minimum atomic E-state index is 0.473. The third kappa shape index (κ3) is 3.03. The average molecular weight is 180 g/mol. The van der Waals surface area contributed by atoms with Crippen LogP contribution >= 0.6 is 0 Å². The van der Waals surface area contributed by atoms with E-state index in [4.69, 9.17) is 10.5 Å². The number of aromatic nitrogens is 1. The monoisotopic (exact) mass is 180 g/mol. The predicted molar refractivity (Wildman–Crippen MR) is 52.5 cm³/mol. The molecule has 0 aliphatic rings. The largest absolute Gasteiger partial charge is 0.477 e. The molecule has 0 aliphatic carbocycles. The van der Waals surface area contributed by atoms with Crippen molar-refractivity contribution in [2.45, 2.75) is 20.4 Å². The van der Waals surface area contributed by atoms with Crippen LogP contribution in [-0.2, 0) is 6.54 Å². The molecule has 3 nitrogen and oxygen atoms in total. The quantitative estimate of drug-likeness (QED) is 0.765. The fraction of sp³-hybridized carbons (Fsp3) is 0.500. The molecule has 0 amide bonds. The van der Waals surface area contributed by atoms with Gasteiger partial charge in [-0.05, 0) is 12.0 Å². The van der Waals surface area contributed by atoms with E-state index in [2.05, 4.69) is 18.8 Å². The fourth-order valence-electron chi connectivity index (χ4n) is 0.955. The van der Waals surface area contributed by atoms with Crippen LogP contribution in [-0.4, -0.2) is 11.6 Å². The van der Waals surface area contributed by atoms with Gasteiger partial charge in [0, 0.05) is 18.3 Å². The van der Waals surface area contributed by atoms with Gasteiger partial charge < -0.3 is 10.5 Å². The third-order valence-corrected chi connectivity index (χ3v) is 1.62. The first-order valence-electron chi connectivity index (χ1n) is 4.50. The second kappa shape index (κ2) is 4.82. The Labute approximate surface area is 78.9 Å². The van der Waals surface area contributed by atoms with Gasteiger partial charge in [-0.2, -0.15) is 0 Å². The van der Waals surface area contributed by atoms with E-state index in [0.717, 1.165) is 5.56 Å².